The second-order valence-electron chi connectivity index (χ2n) is 5.83. The summed E-state index contributed by atoms with van der Waals surface area (Å²) >= 11 is 3.40. The molecule has 0 aliphatic carbocycles. The average molecular weight is 405 g/mol. The van der Waals surface area contributed by atoms with Gasteiger partial charge in [0.2, 0.25) is 0 Å². The molecule has 0 radical (unpaired) electrons. The summed E-state index contributed by atoms with van der Waals surface area (Å²) in [5.41, 5.74) is 1.06. The minimum atomic E-state index is -0.311. The molecule has 1 aliphatic rings. The summed E-state index contributed by atoms with van der Waals surface area (Å²) in [6.07, 6.45) is 7.73. The lowest BCUT2D eigenvalue weighted by atomic mass is 10.2. The van der Waals surface area contributed by atoms with E-state index in [0.29, 0.717) is 28.9 Å². The highest BCUT2D eigenvalue weighted by Gasteiger charge is 2.25. The highest BCUT2D eigenvalue weighted by molar-refractivity contribution is 9.10. The molecule has 1 aromatic carbocycles. The largest absolute Gasteiger partial charge is 0.335 e. The van der Waals surface area contributed by atoms with E-state index in [-0.39, 0.29) is 11.7 Å². The zero-order chi connectivity index (χ0) is 17.8. The SMILES string of the molecule is C#CCCN1CCN(C(=O)c2nn(-c3ccc(F)cc3)cc2Br)CC1. The lowest BCUT2D eigenvalue weighted by Crippen LogP contribution is -2.49. The van der Waals surface area contributed by atoms with Crippen molar-refractivity contribution in [3.8, 4) is 18.0 Å². The third-order valence-corrected chi connectivity index (χ3v) is 4.78. The van der Waals surface area contributed by atoms with E-state index in [1.54, 1.807) is 27.9 Å². The fourth-order valence-corrected chi connectivity index (χ4v) is 3.21. The minimum Gasteiger partial charge on any atom is -0.335 e. The van der Waals surface area contributed by atoms with Crippen molar-refractivity contribution in [2.45, 2.75) is 6.42 Å². The van der Waals surface area contributed by atoms with Crippen molar-refractivity contribution in [3.63, 3.8) is 0 Å². The zero-order valence-electron chi connectivity index (χ0n) is 13.7. The number of halogens is 2. The molecule has 3 rings (SSSR count). The molecule has 0 N–H and O–H groups in total. The van der Waals surface area contributed by atoms with Crippen LogP contribution in [0.2, 0.25) is 0 Å². The number of hydrogen-bond acceptors (Lipinski definition) is 3. The highest BCUT2D eigenvalue weighted by Crippen LogP contribution is 2.20. The van der Waals surface area contributed by atoms with E-state index in [1.165, 1.54) is 12.1 Å². The predicted octanol–water partition coefficient (Wildman–Crippen LogP) is 2.56. The van der Waals surface area contributed by atoms with Crippen LogP contribution in [0, 0.1) is 18.2 Å². The van der Waals surface area contributed by atoms with Crippen LogP contribution in [-0.2, 0) is 0 Å². The van der Waals surface area contributed by atoms with Crippen LogP contribution < -0.4 is 0 Å². The molecule has 0 unspecified atom stereocenters. The van der Waals surface area contributed by atoms with Gasteiger partial charge >= 0.3 is 0 Å². The van der Waals surface area contributed by atoms with E-state index in [9.17, 15) is 9.18 Å². The predicted molar refractivity (Wildman–Crippen MR) is 97.0 cm³/mol. The molecule has 2 aromatic rings. The van der Waals surface area contributed by atoms with Crippen molar-refractivity contribution in [2.24, 2.45) is 0 Å². The Hall–Kier alpha value is -2.17. The maximum Gasteiger partial charge on any atom is 0.275 e. The van der Waals surface area contributed by atoms with Crippen molar-refractivity contribution < 1.29 is 9.18 Å². The van der Waals surface area contributed by atoms with Gasteiger partial charge in [0.1, 0.15) is 5.82 Å². The molecule has 1 aromatic heterocycles. The zero-order valence-corrected chi connectivity index (χ0v) is 15.2. The summed E-state index contributed by atoms with van der Waals surface area (Å²) in [5, 5.41) is 4.37. The summed E-state index contributed by atoms with van der Waals surface area (Å²) in [5.74, 6) is 2.22. The van der Waals surface area contributed by atoms with Gasteiger partial charge in [-0.05, 0) is 40.2 Å². The van der Waals surface area contributed by atoms with Gasteiger partial charge in [-0.15, -0.1) is 12.3 Å². The molecule has 130 valence electrons. The summed E-state index contributed by atoms with van der Waals surface area (Å²) in [6.45, 7) is 3.79. The van der Waals surface area contributed by atoms with E-state index >= 15 is 0 Å². The molecule has 2 heterocycles. The van der Waals surface area contributed by atoms with Gasteiger partial charge in [-0.25, -0.2) is 9.07 Å². The molecular weight excluding hydrogens is 387 g/mol. The normalized spacial score (nSPS) is 15.2. The maximum absolute atomic E-state index is 13.1. The van der Waals surface area contributed by atoms with E-state index in [4.69, 9.17) is 6.42 Å². The maximum atomic E-state index is 13.1. The van der Waals surface area contributed by atoms with Crippen LogP contribution in [-0.4, -0.2) is 58.2 Å². The van der Waals surface area contributed by atoms with Gasteiger partial charge in [-0.2, -0.15) is 5.10 Å². The third-order valence-electron chi connectivity index (χ3n) is 4.20. The quantitative estimate of drug-likeness (QED) is 0.735. The first-order valence-corrected chi connectivity index (χ1v) is 8.84. The number of rotatable bonds is 4. The number of carbonyl (C=O) groups excluding carboxylic acids is 1. The van der Waals surface area contributed by atoms with Gasteiger partial charge in [-0.3, -0.25) is 9.69 Å². The molecule has 1 aliphatic heterocycles. The Bertz CT molecular complexity index is 788. The first-order chi connectivity index (χ1) is 12.1. The van der Waals surface area contributed by atoms with Crippen LogP contribution in [0.15, 0.2) is 34.9 Å². The van der Waals surface area contributed by atoms with Gasteiger partial charge in [0, 0.05) is 45.3 Å². The van der Waals surface area contributed by atoms with Crippen LogP contribution in [0.1, 0.15) is 16.9 Å². The molecule has 7 heteroatoms. The Kier molecular flexibility index (Phi) is 5.51. The molecule has 1 saturated heterocycles. The number of piperazine rings is 1. The van der Waals surface area contributed by atoms with E-state index in [1.807, 2.05) is 0 Å². The van der Waals surface area contributed by atoms with E-state index in [0.717, 1.165) is 26.1 Å². The van der Waals surface area contributed by atoms with Crippen LogP contribution in [0.5, 0.6) is 0 Å². The number of terminal acetylenes is 1. The number of amides is 1. The third kappa shape index (κ3) is 4.09. The monoisotopic (exact) mass is 404 g/mol. The summed E-state index contributed by atoms with van der Waals surface area (Å²) < 4.78 is 15.2. The van der Waals surface area contributed by atoms with Gasteiger partial charge < -0.3 is 4.90 Å². The topological polar surface area (TPSA) is 41.4 Å². The molecular formula is C18H18BrFN4O. The Labute approximate surface area is 154 Å². The van der Waals surface area contributed by atoms with Gasteiger partial charge in [0.05, 0.1) is 10.2 Å². The van der Waals surface area contributed by atoms with E-state index < -0.39 is 0 Å². The van der Waals surface area contributed by atoms with Gasteiger partial charge in [0.25, 0.3) is 5.91 Å². The minimum absolute atomic E-state index is 0.107. The van der Waals surface area contributed by atoms with Crippen molar-refractivity contribution in [3.05, 3.63) is 46.4 Å². The molecule has 1 amide bonds. The fraction of sp³-hybridized carbons (Fsp3) is 0.333. The second-order valence-corrected chi connectivity index (χ2v) is 6.69. The Morgan fingerprint density at radius 1 is 1.24 bits per heavy atom. The Morgan fingerprint density at radius 3 is 2.56 bits per heavy atom. The lowest BCUT2D eigenvalue weighted by molar-refractivity contribution is 0.0632. The van der Waals surface area contributed by atoms with Gasteiger partial charge in [-0.1, -0.05) is 0 Å². The first kappa shape index (κ1) is 17.6. The van der Waals surface area contributed by atoms with Crippen molar-refractivity contribution in [1.82, 2.24) is 19.6 Å². The smallest absolute Gasteiger partial charge is 0.275 e. The number of benzene rings is 1. The fourth-order valence-electron chi connectivity index (χ4n) is 2.77. The van der Waals surface area contributed by atoms with Crippen LogP contribution in [0.25, 0.3) is 5.69 Å². The number of nitrogens with zero attached hydrogens (tertiary/aromatic N) is 4. The number of hydrogen-bond donors (Lipinski definition) is 0. The number of aromatic nitrogens is 2. The first-order valence-electron chi connectivity index (χ1n) is 8.04. The van der Waals surface area contributed by atoms with Crippen LogP contribution in [0.3, 0.4) is 0 Å². The Morgan fingerprint density at radius 2 is 1.92 bits per heavy atom. The summed E-state index contributed by atoms with van der Waals surface area (Å²) in [4.78, 5) is 16.8. The Balaban J connectivity index is 1.69. The average Bonchev–Trinajstić information content (AvgIpc) is 3.02. The van der Waals surface area contributed by atoms with Gasteiger partial charge in [0.15, 0.2) is 5.69 Å². The molecule has 0 atom stereocenters. The molecule has 25 heavy (non-hydrogen) atoms. The number of carbonyl (C=O) groups is 1. The van der Waals surface area contributed by atoms with Crippen molar-refractivity contribution in [2.75, 3.05) is 32.7 Å². The molecule has 5 nitrogen and oxygen atoms in total. The van der Waals surface area contributed by atoms with Crippen LogP contribution >= 0.6 is 15.9 Å². The second kappa shape index (κ2) is 7.81. The molecule has 1 fully saturated rings. The van der Waals surface area contributed by atoms with Crippen LogP contribution in [0.4, 0.5) is 4.39 Å². The van der Waals surface area contributed by atoms with E-state index in [2.05, 4.69) is 31.8 Å². The van der Waals surface area contributed by atoms with Crippen molar-refractivity contribution >= 4 is 21.8 Å². The molecule has 0 saturated carbocycles. The lowest BCUT2D eigenvalue weighted by Gasteiger charge is -2.34. The highest BCUT2D eigenvalue weighted by atomic mass is 79.9. The summed E-state index contributed by atoms with van der Waals surface area (Å²) in [6, 6.07) is 5.96. The molecule has 0 bridgehead atoms. The summed E-state index contributed by atoms with van der Waals surface area (Å²) in [7, 11) is 0. The van der Waals surface area contributed by atoms with Crippen molar-refractivity contribution in [1.29, 1.82) is 0 Å². The standard InChI is InChI=1S/C18H18BrFN4O/c1-2-3-8-22-9-11-23(12-10-22)18(25)17-16(19)13-24(21-17)15-6-4-14(20)5-7-15/h1,4-7,13H,3,8-12H2. The molecule has 0 spiro atoms.